The topological polar surface area (TPSA) is 63.2 Å². The van der Waals surface area contributed by atoms with Gasteiger partial charge in [0.25, 0.3) is 5.91 Å². The van der Waals surface area contributed by atoms with E-state index in [-0.39, 0.29) is 5.91 Å². The number of nitrogens with zero attached hydrogens (tertiary/aromatic N) is 1. The predicted molar refractivity (Wildman–Crippen MR) is 80.6 cm³/mol. The summed E-state index contributed by atoms with van der Waals surface area (Å²) in [6.45, 7) is 1.86. The molecule has 0 saturated carbocycles. The van der Waals surface area contributed by atoms with Gasteiger partial charge in [-0.2, -0.15) is 0 Å². The molecule has 0 saturated heterocycles. The normalized spacial score (nSPS) is 13.4. The van der Waals surface area contributed by atoms with Crippen LogP contribution in [-0.2, 0) is 13.0 Å². The first-order chi connectivity index (χ1) is 10.3. The van der Waals surface area contributed by atoms with Crippen molar-refractivity contribution >= 4 is 11.6 Å². The fraction of sp³-hybridized carbons (Fsp3) is 0.250. The molecule has 21 heavy (non-hydrogen) atoms. The van der Waals surface area contributed by atoms with Gasteiger partial charge in [0.2, 0.25) is 0 Å². The van der Waals surface area contributed by atoms with Gasteiger partial charge in [0, 0.05) is 12.2 Å². The second kappa shape index (κ2) is 5.93. The Morgan fingerprint density at radius 2 is 2.19 bits per heavy atom. The molecule has 0 atom stereocenters. The molecule has 0 radical (unpaired) electrons. The van der Waals surface area contributed by atoms with Crippen LogP contribution in [0, 0.1) is 0 Å². The SMILES string of the molecule is COc1ccc(C(=O)Nc2ccc3c(c2)CNCC3)nc1. The van der Waals surface area contributed by atoms with Crippen LogP contribution in [0.1, 0.15) is 21.6 Å². The molecule has 108 valence electrons. The standard InChI is InChI=1S/C16H17N3O2/c1-21-14-4-5-15(18-10-14)16(20)19-13-3-2-11-6-7-17-9-12(11)8-13/h2-5,8,10,17H,6-7,9H2,1H3,(H,19,20). The number of hydrogen-bond donors (Lipinski definition) is 2. The fourth-order valence-corrected chi connectivity index (χ4v) is 2.39. The van der Waals surface area contributed by atoms with Gasteiger partial charge in [-0.1, -0.05) is 6.07 Å². The van der Waals surface area contributed by atoms with Crippen molar-refractivity contribution in [3.05, 3.63) is 53.3 Å². The van der Waals surface area contributed by atoms with Crippen molar-refractivity contribution in [3.8, 4) is 5.75 Å². The second-order valence-corrected chi connectivity index (χ2v) is 4.95. The van der Waals surface area contributed by atoms with Crippen molar-refractivity contribution in [2.45, 2.75) is 13.0 Å². The van der Waals surface area contributed by atoms with Crippen molar-refractivity contribution < 1.29 is 9.53 Å². The van der Waals surface area contributed by atoms with Crippen LogP contribution in [0.25, 0.3) is 0 Å². The third-order valence-electron chi connectivity index (χ3n) is 3.56. The van der Waals surface area contributed by atoms with Crippen LogP contribution in [0.2, 0.25) is 0 Å². The summed E-state index contributed by atoms with van der Waals surface area (Å²) in [6, 6.07) is 9.40. The van der Waals surface area contributed by atoms with E-state index in [1.54, 1.807) is 19.2 Å². The van der Waals surface area contributed by atoms with Crippen molar-refractivity contribution in [3.63, 3.8) is 0 Å². The largest absolute Gasteiger partial charge is 0.495 e. The summed E-state index contributed by atoms with van der Waals surface area (Å²) in [7, 11) is 1.57. The van der Waals surface area contributed by atoms with Crippen molar-refractivity contribution in [1.29, 1.82) is 0 Å². The lowest BCUT2D eigenvalue weighted by Crippen LogP contribution is -2.23. The molecule has 5 nitrogen and oxygen atoms in total. The summed E-state index contributed by atoms with van der Waals surface area (Å²) in [5.41, 5.74) is 3.74. The summed E-state index contributed by atoms with van der Waals surface area (Å²) in [5, 5.41) is 6.20. The van der Waals surface area contributed by atoms with Gasteiger partial charge in [-0.3, -0.25) is 4.79 Å². The first-order valence-electron chi connectivity index (χ1n) is 6.90. The summed E-state index contributed by atoms with van der Waals surface area (Å²) < 4.78 is 5.03. The Morgan fingerprint density at radius 3 is 2.95 bits per heavy atom. The summed E-state index contributed by atoms with van der Waals surface area (Å²) in [5.74, 6) is 0.410. The van der Waals surface area contributed by atoms with Gasteiger partial charge in [0.1, 0.15) is 11.4 Å². The number of fused-ring (bicyclic) bond motifs is 1. The first kappa shape index (κ1) is 13.6. The number of carbonyl (C=O) groups is 1. The van der Waals surface area contributed by atoms with Gasteiger partial charge in [-0.15, -0.1) is 0 Å². The monoisotopic (exact) mass is 283 g/mol. The Balaban J connectivity index is 1.74. The lowest BCUT2D eigenvalue weighted by Gasteiger charge is -2.18. The van der Waals surface area contributed by atoms with E-state index in [0.717, 1.165) is 25.2 Å². The highest BCUT2D eigenvalue weighted by atomic mass is 16.5. The highest BCUT2D eigenvalue weighted by Crippen LogP contribution is 2.19. The maximum Gasteiger partial charge on any atom is 0.274 e. The van der Waals surface area contributed by atoms with Crippen LogP contribution >= 0.6 is 0 Å². The predicted octanol–water partition coefficient (Wildman–Crippen LogP) is 1.99. The number of nitrogens with one attached hydrogen (secondary N) is 2. The van der Waals surface area contributed by atoms with E-state index in [4.69, 9.17) is 4.74 Å². The minimum absolute atomic E-state index is 0.221. The number of ether oxygens (including phenoxy) is 1. The molecule has 5 heteroatoms. The van der Waals surface area contributed by atoms with Gasteiger partial charge in [0.05, 0.1) is 13.3 Å². The molecule has 1 aromatic heterocycles. The Kier molecular flexibility index (Phi) is 3.83. The Hall–Kier alpha value is -2.40. The summed E-state index contributed by atoms with van der Waals surface area (Å²) in [4.78, 5) is 16.2. The number of pyridine rings is 1. The molecule has 1 aliphatic heterocycles. The van der Waals surface area contributed by atoms with E-state index in [1.807, 2.05) is 12.1 Å². The van der Waals surface area contributed by atoms with Crippen LogP contribution in [-0.4, -0.2) is 24.5 Å². The van der Waals surface area contributed by atoms with E-state index in [2.05, 4.69) is 21.7 Å². The number of amides is 1. The maximum absolute atomic E-state index is 12.2. The number of methoxy groups -OCH3 is 1. The molecule has 0 aliphatic carbocycles. The van der Waals surface area contributed by atoms with Crippen LogP contribution in [0.3, 0.4) is 0 Å². The first-order valence-corrected chi connectivity index (χ1v) is 6.90. The van der Waals surface area contributed by atoms with Crippen molar-refractivity contribution in [1.82, 2.24) is 10.3 Å². The van der Waals surface area contributed by atoms with Gasteiger partial charge >= 0.3 is 0 Å². The average molecular weight is 283 g/mol. The molecule has 1 aliphatic rings. The number of benzene rings is 1. The third-order valence-corrected chi connectivity index (χ3v) is 3.56. The molecule has 3 rings (SSSR count). The van der Waals surface area contributed by atoms with Crippen molar-refractivity contribution in [2.75, 3.05) is 19.0 Å². The van der Waals surface area contributed by atoms with Crippen LogP contribution in [0.15, 0.2) is 36.5 Å². The number of hydrogen-bond acceptors (Lipinski definition) is 4. The summed E-state index contributed by atoms with van der Waals surface area (Å²) >= 11 is 0. The molecule has 1 aromatic carbocycles. The van der Waals surface area contributed by atoms with Gasteiger partial charge in [-0.25, -0.2) is 4.98 Å². The van der Waals surface area contributed by atoms with Crippen LogP contribution < -0.4 is 15.4 Å². The zero-order valence-electron chi connectivity index (χ0n) is 11.8. The minimum atomic E-state index is -0.221. The van der Waals surface area contributed by atoms with E-state index in [0.29, 0.717) is 11.4 Å². The minimum Gasteiger partial charge on any atom is -0.495 e. The van der Waals surface area contributed by atoms with Gasteiger partial charge in [0.15, 0.2) is 0 Å². The highest BCUT2D eigenvalue weighted by Gasteiger charge is 2.11. The second-order valence-electron chi connectivity index (χ2n) is 4.95. The van der Waals surface area contributed by atoms with E-state index >= 15 is 0 Å². The quantitative estimate of drug-likeness (QED) is 0.904. The van der Waals surface area contributed by atoms with Gasteiger partial charge < -0.3 is 15.4 Å². The Labute approximate surface area is 123 Å². The van der Waals surface area contributed by atoms with Crippen molar-refractivity contribution in [2.24, 2.45) is 0 Å². The van der Waals surface area contributed by atoms with Crippen LogP contribution in [0.5, 0.6) is 5.75 Å². The Morgan fingerprint density at radius 1 is 1.29 bits per heavy atom. The molecule has 0 spiro atoms. The molecular formula is C16H17N3O2. The average Bonchev–Trinajstić information content (AvgIpc) is 2.55. The maximum atomic E-state index is 12.2. The molecule has 0 bridgehead atoms. The van der Waals surface area contributed by atoms with E-state index in [9.17, 15) is 4.79 Å². The number of anilines is 1. The molecular weight excluding hydrogens is 266 g/mol. The molecule has 0 fully saturated rings. The van der Waals surface area contributed by atoms with Crippen LogP contribution in [0.4, 0.5) is 5.69 Å². The number of carbonyl (C=O) groups excluding carboxylic acids is 1. The highest BCUT2D eigenvalue weighted by molar-refractivity contribution is 6.02. The lowest BCUT2D eigenvalue weighted by molar-refractivity contribution is 0.102. The third kappa shape index (κ3) is 3.03. The van der Waals surface area contributed by atoms with E-state index in [1.165, 1.54) is 17.3 Å². The molecule has 0 unspecified atom stereocenters. The zero-order valence-corrected chi connectivity index (χ0v) is 11.8. The molecule has 2 heterocycles. The molecule has 2 aromatic rings. The zero-order chi connectivity index (χ0) is 14.7. The lowest BCUT2D eigenvalue weighted by atomic mass is 10.0. The fourth-order valence-electron chi connectivity index (χ4n) is 2.39. The summed E-state index contributed by atoms with van der Waals surface area (Å²) in [6.07, 6.45) is 2.56. The molecule has 2 N–H and O–H groups in total. The number of aromatic nitrogens is 1. The smallest absolute Gasteiger partial charge is 0.274 e. The Bertz CT molecular complexity index is 653. The van der Waals surface area contributed by atoms with Gasteiger partial charge in [-0.05, 0) is 48.4 Å². The van der Waals surface area contributed by atoms with E-state index < -0.39 is 0 Å². The molecule has 1 amide bonds. The number of rotatable bonds is 3.